The van der Waals surface area contributed by atoms with E-state index in [0.717, 1.165) is 40.8 Å². The van der Waals surface area contributed by atoms with Crippen molar-refractivity contribution in [2.24, 2.45) is 0 Å². The molecule has 1 aliphatic heterocycles. The highest BCUT2D eigenvalue weighted by Gasteiger charge is 2.29. The molecule has 7 nitrogen and oxygen atoms in total. The third-order valence-corrected chi connectivity index (χ3v) is 8.04. The minimum Gasteiger partial charge on any atom is -0.483 e. The molecule has 37 heavy (non-hydrogen) atoms. The van der Waals surface area contributed by atoms with Crippen LogP contribution in [0.2, 0.25) is 5.02 Å². The Kier molecular flexibility index (Phi) is 7.48. The smallest absolute Gasteiger partial charge is 0.341 e. The Morgan fingerprint density at radius 2 is 1.89 bits per heavy atom. The maximum atomic E-state index is 13.2. The summed E-state index contributed by atoms with van der Waals surface area (Å²) in [6.45, 7) is 2.85. The van der Waals surface area contributed by atoms with Gasteiger partial charge < -0.3 is 19.7 Å². The molecule has 0 bridgehead atoms. The first-order chi connectivity index (χ1) is 17.9. The summed E-state index contributed by atoms with van der Waals surface area (Å²) >= 11 is 7.40. The fourth-order valence-corrected chi connectivity index (χ4v) is 6.28. The van der Waals surface area contributed by atoms with E-state index in [4.69, 9.17) is 21.1 Å². The Hall–Kier alpha value is -3.36. The lowest BCUT2D eigenvalue weighted by Gasteiger charge is -2.29. The topological polar surface area (TPSA) is 84.9 Å². The van der Waals surface area contributed by atoms with Crippen LogP contribution in [-0.2, 0) is 35.3 Å². The van der Waals surface area contributed by atoms with Gasteiger partial charge in [0, 0.05) is 34.1 Å². The number of rotatable bonds is 8. The normalized spacial score (nSPS) is 14.2. The van der Waals surface area contributed by atoms with Crippen molar-refractivity contribution in [1.82, 2.24) is 4.90 Å². The molecule has 192 valence electrons. The molecule has 0 saturated carbocycles. The van der Waals surface area contributed by atoms with Gasteiger partial charge in [0.25, 0.3) is 11.8 Å². The van der Waals surface area contributed by atoms with Crippen LogP contribution in [0.5, 0.6) is 5.75 Å². The van der Waals surface area contributed by atoms with Gasteiger partial charge in [-0.1, -0.05) is 29.8 Å². The zero-order valence-electron chi connectivity index (χ0n) is 20.5. The number of halogens is 1. The van der Waals surface area contributed by atoms with Gasteiger partial charge in [0.2, 0.25) is 0 Å². The lowest BCUT2D eigenvalue weighted by molar-refractivity contribution is -0.118. The van der Waals surface area contributed by atoms with Crippen molar-refractivity contribution in [3.8, 4) is 5.75 Å². The molecule has 3 aromatic rings. The predicted octanol–water partition coefficient (Wildman–Crippen LogP) is 5.28. The lowest BCUT2D eigenvalue weighted by atomic mass is 9.97. The highest BCUT2D eigenvalue weighted by molar-refractivity contribution is 7.17. The summed E-state index contributed by atoms with van der Waals surface area (Å²) in [6.07, 6.45) is 3.33. The second kappa shape index (κ2) is 10.9. The molecule has 1 aromatic heterocycles. The van der Waals surface area contributed by atoms with Crippen molar-refractivity contribution in [2.45, 2.75) is 39.2 Å². The van der Waals surface area contributed by atoms with Crippen LogP contribution in [0.4, 0.5) is 5.00 Å². The van der Waals surface area contributed by atoms with E-state index >= 15 is 0 Å². The summed E-state index contributed by atoms with van der Waals surface area (Å²) in [7, 11) is 0. The number of benzene rings is 2. The summed E-state index contributed by atoms with van der Waals surface area (Å²) in [6, 6.07) is 12.8. The number of carbonyl (C=O) groups excluding carboxylic acids is 3. The molecular weight excluding hydrogens is 512 g/mol. The summed E-state index contributed by atoms with van der Waals surface area (Å²) in [4.78, 5) is 41.4. The first-order valence-electron chi connectivity index (χ1n) is 12.3. The SMILES string of the molecule is CCOC(=O)c1c(NC(=O)COc2cccc3c2CCN(Cc2ccc(Cl)cc2)C3=O)sc2c1CCC2. The van der Waals surface area contributed by atoms with Crippen molar-refractivity contribution >= 4 is 45.7 Å². The molecule has 0 spiro atoms. The largest absolute Gasteiger partial charge is 0.483 e. The molecule has 2 aliphatic rings. The molecular formula is C28H27ClN2O5S. The number of ether oxygens (including phenoxy) is 2. The summed E-state index contributed by atoms with van der Waals surface area (Å²) in [5, 5.41) is 4.02. The second-order valence-corrected chi connectivity index (χ2v) is 10.5. The van der Waals surface area contributed by atoms with Crippen molar-refractivity contribution in [2.75, 3.05) is 25.1 Å². The van der Waals surface area contributed by atoms with Gasteiger partial charge in [0.05, 0.1) is 12.2 Å². The molecule has 0 radical (unpaired) electrons. The number of aryl methyl sites for hydroxylation is 1. The Morgan fingerprint density at radius 3 is 2.68 bits per heavy atom. The number of nitrogens with zero attached hydrogens (tertiary/aromatic N) is 1. The van der Waals surface area contributed by atoms with E-state index in [2.05, 4.69) is 5.32 Å². The average molecular weight is 539 g/mol. The number of nitrogens with one attached hydrogen (secondary N) is 1. The first-order valence-corrected chi connectivity index (χ1v) is 13.5. The molecule has 9 heteroatoms. The lowest BCUT2D eigenvalue weighted by Crippen LogP contribution is -2.37. The first kappa shape index (κ1) is 25.3. The number of amides is 2. The maximum Gasteiger partial charge on any atom is 0.341 e. The standard InChI is InChI=1S/C28H27ClN2O5S/c1-2-35-28(34)25-21-6-4-8-23(21)37-26(25)30-24(32)16-36-22-7-3-5-20-19(22)13-14-31(27(20)33)15-17-9-11-18(29)12-10-17/h3,5,7,9-12H,2,4,6,8,13-16H2,1H3,(H,30,32). The van der Waals surface area contributed by atoms with Crippen LogP contribution in [0.15, 0.2) is 42.5 Å². The van der Waals surface area contributed by atoms with Crippen molar-refractivity contribution < 1.29 is 23.9 Å². The van der Waals surface area contributed by atoms with Gasteiger partial charge in [0.15, 0.2) is 6.61 Å². The van der Waals surface area contributed by atoms with Crippen LogP contribution in [0, 0.1) is 0 Å². The van der Waals surface area contributed by atoms with Gasteiger partial charge in [0.1, 0.15) is 10.8 Å². The number of anilines is 1. The van der Waals surface area contributed by atoms with Gasteiger partial charge in [-0.3, -0.25) is 9.59 Å². The van der Waals surface area contributed by atoms with E-state index in [-0.39, 0.29) is 25.0 Å². The molecule has 1 N–H and O–H groups in total. The molecule has 1 aliphatic carbocycles. The Labute approximate surface area is 224 Å². The highest BCUT2D eigenvalue weighted by atomic mass is 35.5. The fraction of sp³-hybridized carbons (Fsp3) is 0.321. The summed E-state index contributed by atoms with van der Waals surface area (Å²) in [5.41, 5.74) is 3.84. The number of esters is 1. The molecule has 2 amide bonds. The van der Waals surface area contributed by atoms with Crippen molar-refractivity contribution in [1.29, 1.82) is 0 Å². The summed E-state index contributed by atoms with van der Waals surface area (Å²) < 4.78 is 11.1. The van der Waals surface area contributed by atoms with E-state index in [1.807, 2.05) is 24.3 Å². The quantitative estimate of drug-likeness (QED) is 0.394. The minimum absolute atomic E-state index is 0.0710. The molecule has 5 rings (SSSR count). The van der Waals surface area contributed by atoms with Crippen molar-refractivity contribution in [3.05, 3.63) is 80.2 Å². The van der Waals surface area contributed by atoms with E-state index in [1.165, 1.54) is 11.3 Å². The average Bonchev–Trinajstić information content (AvgIpc) is 3.47. The number of hydrogen-bond donors (Lipinski definition) is 1. The minimum atomic E-state index is -0.406. The second-order valence-electron chi connectivity index (χ2n) is 9.00. The Morgan fingerprint density at radius 1 is 1.08 bits per heavy atom. The molecule has 0 atom stereocenters. The van der Waals surface area contributed by atoms with Gasteiger partial charge in [-0.25, -0.2) is 4.79 Å². The summed E-state index contributed by atoms with van der Waals surface area (Å²) in [5.74, 6) is -0.323. The number of thiophene rings is 1. The van der Waals surface area contributed by atoms with Gasteiger partial charge >= 0.3 is 5.97 Å². The van der Waals surface area contributed by atoms with Crippen LogP contribution in [-0.4, -0.2) is 42.4 Å². The third kappa shape index (κ3) is 5.36. The number of hydrogen-bond acceptors (Lipinski definition) is 6. The van der Waals surface area contributed by atoms with Gasteiger partial charge in [-0.2, -0.15) is 0 Å². The van der Waals surface area contributed by atoms with Gasteiger partial charge in [-0.05, 0) is 68.0 Å². The highest BCUT2D eigenvalue weighted by Crippen LogP contribution is 2.39. The molecule has 0 saturated heterocycles. The van der Waals surface area contributed by atoms with Crippen LogP contribution in [0.1, 0.15) is 55.6 Å². The van der Waals surface area contributed by atoms with E-state index in [9.17, 15) is 14.4 Å². The van der Waals surface area contributed by atoms with Crippen LogP contribution in [0.3, 0.4) is 0 Å². The molecule has 2 heterocycles. The van der Waals surface area contributed by atoms with Crippen LogP contribution < -0.4 is 10.1 Å². The molecule has 0 fully saturated rings. The predicted molar refractivity (Wildman–Crippen MR) is 143 cm³/mol. The zero-order valence-corrected chi connectivity index (χ0v) is 22.0. The van der Waals surface area contributed by atoms with E-state index in [0.29, 0.717) is 46.4 Å². The number of carbonyl (C=O) groups is 3. The molecule has 2 aromatic carbocycles. The molecule has 0 unspecified atom stereocenters. The van der Waals surface area contributed by atoms with E-state index in [1.54, 1.807) is 30.0 Å². The third-order valence-electron chi connectivity index (χ3n) is 6.58. The van der Waals surface area contributed by atoms with Crippen LogP contribution in [0.25, 0.3) is 0 Å². The zero-order chi connectivity index (χ0) is 25.9. The maximum absolute atomic E-state index is 13.2. The fourth-order valence-electron chi connectivity index (χ4n) is 4.86. The Balaban J connectivity index is 1.25. The van der Waals surface area contributed by atoms with Crippen molar-refractivity contribution in [3.63, 3.8) is 0 Å². The van der Waals surface area contributed by atoms with E-state index < -0.39 is 5.97 Å². The monoisotopic (exact) mass is 538 g/mol. The Bertz CT molecular complexity index is 1350. The number of fused-ring (bicyclic) bond motifs is 2. The van der Waals surface area contributed by atoms with Gasteiger partial charge in [-0.15, -0.1) is 11.3 Å². The van der Waals surface area contributed by atoms with Crippen LogP contribution >= 0.6 is 22.9 Å².